The zero-order chi connectivity index (χ0) is 21.9. The van der Waals surface area contributed by atoms with Gasteiger partial charge in [-0.3, -0.25) is 9.52 Å². The van der Waals surface area contributed by atoms with Crippen LogP contribution in [0.5, 0.6) is 0 Å². The summed E-state index contributed by atoms with van der Waals surface area (Å²) in [6.07, 6.45) is -4.43. The zero-order valence-electron chi connectivity index (χ0n) is 15.5. The highest BCUT2D eigenvalue weighted by Gasteiger charge is 2.29. The standard InChI is InChI=1S/C19H16F3N3O4S/c1-12-10-17(24-29-12)25-30(27,28)16-8-4-14(5-9-16)18(26)23-11-13-2-6-15(7-3-13)19(20,21)22/h2-10H,11H2,1H3,(H,23,26)(H,24,25). The largest absolute Gasteiger partial charge is 0.416 e. The van der Waals surface area contributed by atoms with Gasteiger partial charge in [-0.15, -0.1) is 0 Å². The van der Waals surface area contributed by atoms with Crippen LogP contribution in [0.2, 0.25) is 0 Å². The second-order valence-corrected chi connectivity index (χ2v) is 8.01. The highest BCUT2D eigenvalue weighted by atomic mass is 32.2. The number of nitrogens with zero attached hydrogens (tertiary/aromatic N) is 1. The number of rotatable bonds is 6. The van der Waals surface area contributed by atoms with Gasteiger partial charge in [0.25, 0.3) is 15.9 Å². The molecular weight excluding hydrogens is 423 g/mol. The highest BCUT2D eigenvalue weighted by Crippen LogP contribution is 2.29. The monoisotopic (exact) mass is 439 g/mol. The van der Waals surface area contributed by atoms with Crippen molar-refractivity contribution in [1.82, 2.24) is 10.5 Å². The summed E-state index contributed by atoms with van der Waals surface area (Å²) in [7, 11) is -3.91. The van der Waals surface area contributed by atoms with Gasteiger partial charge in [-0.1, -0.05) is 17.3 Å². The summed E-state index contributed by atoms with van der Waals surface area (Å²) in [5.41, 5.74) is -0.0930. The first kappa shape index (κ1) is 21.4. The summed E-state index contributed by atoms with van der Waals surface area (Å²) in [5, 5.41) is 6.12. The number of aryl methyl sites for hydroxylation is 1. The molecule has 1 heterocycles. The molecule has 0 aliphatic heterocycles. The van der Waals surface area contributed by atoms with Crippen LogP contribution in [0, 0.1) is 6.92 Å². The fourth-order valence-corrected chi connectivity index (χ4v) is 3.48. The number of nitrogens with one attached hydrogen (secondary N) is 2. The molecule has 1 aromatic heterocycles. The Morgan fingerprint density at radius 2 is 1.70 bits per heavy atom. The molecular formula is C19H16F3N3O4S. The van der Waals surface area contributed by atoms with Crippen LogP contribution >= 0.6 is 0 Å². The van der Waals surface area contributed by atoms with Crippen molar-refractivity contribution in [2.75, 3.05) is 4.72 Å². The quantitative estimate of drug-likeness (QED) is 0.610. The van der Waals surface area contributed by atoms with E-state index in [1.165, 1.54) is 42.5 Å². The second-order valence-electron chi connectivity index (χ2n) is 6.33. The number of amides is 1. The van der Waals surface area contributed by atoms with Crippen LogP contribution in [-0.2, 0) is 22.7 Å². The van der Waals surface area contributed by atoms with Gasteiger partial charge in [0.05, 0.1) is 10.5 Å². The van der Waals surface area contributed by atoms with E-state index in [1.807, 2.05) is 0 Å². The molecule has 0 unspecified atom stereocenters. The fourth-order valence-electron chi connectivity index (χ4n) is 2.49. The minimum absolute atomic E-state index is 0.0179. The lowest BCUT2D eigenvalue weighted by Gasteiger charge is -2.09. The molecule has 3 aromatic rings. The number of hydrogen-bond acceptors (Lipinski definition) is 5. The summed E-state index contributed by atoms with van der Waals surface area (Å²) < 4.78 is 69.4. The van der Waals surface area contributed by atoms with Crippen LogP contribution < -0.4 is 10.0 Å². The molecule has 0 radical (unpaired) electrons. The number of aromatic nitrogens is 1. The molecule has 2 aromatic carbocycles. The van der Waals surface area contributed by atoms with Gasteiger partial charge >= 0.3 is 6.18 Å². The second kappa shape index (κ2) is 8.19. The molecule has 7 nitrogen and oxygen atoms in total. The summed E-state index contributed by atoms with van der Waals surface area (Å²) in [5.74, 6) is -0.0300. The van der Waals surface area contributed by atoms with E-state index >= 15 is 0 Å². The normalized spacial score (nSPS) is 11.9. The fraction of sp³-hybridized carbons (Fsp3) is 0.158. The van der Waals surface area contributed by atoms with E-state index in [0.29, 0.717) is 11.3 Å². The third-order valence-corrected chi connectivity index (χ3v) is 5.40. The minimum atomic E-state index is -4.43. The number of alkyl halides is 3. The maximum Gasteiger partial charge on any atom is 0.416 e. The number of halogens is 3. The number of carbonyl (C=O) groups excluding carboxylic acids is 1. The Labute approximate surface area is 169 Å². The Hall–Kier alpha value is -3.34. The summed E-state index contributed by atoms with van der Waals surface area (Å²) in [4.78, 5) is 12.1. The molecule has 0 fully saturated rings. The van der Waals surface area contributed by atoms with Gasteiger partial charge in [-0.25, -0.2) is 8.42 Å². The van der Waals surface area contributed by atoms with Crippen LogP contribution in [-0.4, -0.2) is 19.5 Å². The molecule has 0 aliphatic rings. The maximum atomic E-state index is 12.6. The molecule has 0 bridgehead atoms. The van der Waals surface area contributed by atoms with Crippen molar-refractivity contribution in [2.45, 2.75) is 24.5 Å². The first-order valence-corrected chi connectivity index (χ1v) is 10.0. The Morgan fingerprint density at radius 1 is 1.07 bits per heavy atom. The molecule has 2 N–H and O–H groups in total. The van der Waals surface area contributed by atoms with Gasteiger partial charge in [0, 0.05) is 18.2 Å². The third kappa shape index (κ3) is 5.17. The minimum Gasteiger partial charge on any atom is -0.360 e. The van der Waals surface area contributed by atoms with E-state index in [1.54, 1.807) is 6.92 Å². The molecule has 158 valence electrons. The van der Waals surface area contributed by atoms with Gasteiger partial charge < -0.3 is 9.84 Å². The van der Waals surface area contributed by atoms with Crippen LogP contribution in [0.1, 0.15) is 27.2 Å². The van der Waals surface area contributed by atoms with Gasteiger partial charge in [-0.2, -0.15) is 13.2 Å². The molecule has 11 heteroatoms. The molecule has 0 atom stereocenters. The molecule has 0 saturated carbocycles. The molecule has 0 saturated heterocycles. The first-order chi connectivity index (χ1) is 14.0. The SMILES string of the molecule is Cc1cc(NS(=O)(=O)c2ccc(C(=O)NCc3ccc(C(F)(F)F)cc3)cc2)no1. The van der Waals surface area contributed by atoms with Crippen molar-refractivity contribution in [1.29, 1.82) is 0 Å². The van der Waals surface area contributed by atoms with E-state index < -0.39 is 27.7 Å². The average molecular weight is 439 g/mol. The number of benzene rings is 2. The lowest BCUT2D eigenvalue weighted by atomic mass is 10.1. The highest BCUT2D eigenvalue weighted by molar-refractivity contribution is 7.92. The van der Waals surface area contributed by atoms with Gasteiger partial charge in [0.1, 0.15) is 5.76 Å². The Bertz CT molecular complexity index is 1140. The summed E-state index contributed by atoms with van der Waals surface area (Å²) in [6, 6.07) is 11.0. The van der Waals surface area contributed by atoms with E-state index in [0.717, 1.165) is 12.1 Å². The lowest BCUT2D eigenvalue weighted by Crippen LogP contribution is -2.23. The topological polar surface area (TPSA) is 101 Å². The maximum absolute atomic E-state index is 12.6. The van der Waals surface area contributed by atoms with Gasteiger partial charge in [0.2, 0.25) is 0 Å². The third-order valence-electron chi connectivity index (χ3n) is 4.03. The predicted octanol–water partition coefficient (Wildman–Crippen LogP) is 3.73. The smallest absolute Gasteiger partial charge is 0.360 e. The molecule has 3 rings (SSSR count). The van der Waals surface area contributed by atoms with Crippen LogP contribution in [0.25, 0.3) is 0 Å². The van der Waals surface area contributed by atoms with Crippen LogP contribution in [0.4, 0.5) is 19.0 Å². The van der Waals surface area contributed by atoms with Crippen molar-refractivity contribution in [2.24, 2.45) is 0 Å². The molecule has 30 heavy (non-hydrogen) atoms. The van der Waals surface area contributed by atoms with Crippen molar-refractivity contribution < 1.29 is 30.9 Å². The van der Waals surface area contributed by atoms with Crippen LogP contribution in [0.15, 0.2) is 64.0 Å². The van der Waals surface area contributed by atoms with Crippen LogP contribution in [0.3, 0.4) is 0 Å². The number of carbonyl (C=O) groups is 1. The van der Waals surface area contributed by atoms with E-state index in [-0.39, 0.29) is 22.8 Å². The van der Waals surface area contributed by atoms with E-state index in [9.17, 15) is 26.4 Å². The number of anilines is 1. The molecule has 0 spiro atoms. The number of sulfonamides is 1. The van der Waals surface area contributed by atoms with Crippen molar-refractivity contribution in [3.8, 4) is 0 Å². The zero-order valence-corrected chi connectivity index (χ0v) is 16.3. The van der Waals surface area contributed by atoms with Crippen molar-refractivity contribution in [3.05, 3.63) is 77.0 Å². The summed E-state index contributed by atoms with van der Waals surface area (Å²) in [6.45, 7) is 1.63. The van der Waals surface area contributed by atoms with E-state index in [4.69, 9.17) is 4.52 Å². The number of hydrogen-bond donors (Lipinski definition) is 2. The van der Waals surface area contributed by atoms with Gasteiger partial charge in [-0.05, 0) is 48.9 Å². The molecule has 0 aliphatic carbocycles. The van der Waals surface area contributed by atoms with Gasteiger partial charge in [0.15, 0.2) is 5.82 Å². The average Bonchev–Trinajstić information content (AvgIpc) is 3.09. The van der Waals surface area contributed by atoms with Crippen molar-refractivity contribution in [3.63, 3.8) is 0 Å². The first-order valence-electron chi connectivity index (χ1n) is 8.55. The lowest BCUT2D eigenvalue weighted by molar-refractivity contribution is -0.137. The Morgan fingerprint density at radius 3 is 2.23 bits per heavy atom. The molecule has 1 amide bonds. The van der Waals surface area contributed by atoms with Crippen molar-refractivity contribution >= 4 is 21.7 Å². The van der Waals surface area contributed by atoms with E-state index in [2.05, 4.69) is 15.2 Å². The summed E-state index contributed by atoms with van der Waals surface area (Å²) >= 11 is 0. The Kier molecular flexibility index (Phi) is 5.83. The predicted molar refractivity (Wildman–Crippen MR) is 101 cm³/mol. The Balaban J connectivity index is 1.62.